The number of hydrogen-bond acceptors (Lipinski definition) is 4. The molecule has 5 nitrogen and oxygen atoms in total. The second kappa shape index (κ2) is 7.78. The van der Waals surface area contributed by atoms with E-state index in [2.05, 4.69) is 26.5 Å². The molecule has 6 heteroatoms. The highest BCUT2D eigenvalue weighted by atomic mass is 79.9. The first-order chi connectivity index (χ1) is 11.1. The Morgan fingerprint density at radius 2 is 1.87 bits per heavy atom. The highest BCUT2D eigenvalue weighted by Crippen LogP contribution is 2.31. The van der Waals surface area contributed by atoms with E-state index in [0.717, 1.165) is 10.0 Å². The topological polar surface area (TPSA) is 59.9 Å². The van der Waals surface area contributed by atoms with E-state index < -0.39 is 0 Å². The Morgan fingerprint density at radius 1 is 1.17 bits per heavy atom. The first-order valence-electron chi connectivity index (χ1n) is 6.87. The zero-order valence-corrected chi connectivity index (χ0v) is 14.7. The molecule has 0 radical (unpaired) electrons. The van der Waals surface area contributed by atoms with E-state index in [1.165, 1.54) is 6.21 Å². The lowest BCUT2D eigenvalue weighted by atomic mass is 10.1. The molecule has 0 saturated heterocycles. The van der Waals surface area contributed by atoms with Crippen LogP contribution in [0.3, 0.4) is 0 Å². The van der Waals surface area contributed by atoms with Gasteiger partial charge in [-0.25, -0.2) is 5.43 Å². The van der Waals surface area contributed by atoms with E-state index in [1.54, 1.807) is 32.4 Å². The molecule has 0 atom stereocenters. The molecule has 0 aliphatic rings. The number of aryl methyl sites for hydroxylation is 1. The number of hydrazone groups is 1. The molecular weight excluding hydrogens is 360 g/mol. The minimum absolute atomic E-state index is 0.258. The van der Waals surface area contributed by atoms with Gasteiger partial charge in [-0.1, -0.05) is 18.2 Å². The second-order valence-electron chi connectivity index (χ2n) is 4.74. The summed E-state index contributed by atoms with van der Waals surface area (Å²) in [5.74, 6) is 0.993. The summed E-state index contributed by atoms with van der Waals surface area (Å²) in [6.45, 7) is 1.88. The monoisotopic (exact) mass is 376 g/mol. The number of halogens is 1. The number of hydrogen-bond donors (Lipinski definition) is 1. The van der Waals surface area contributed by atoms with Crippen molar-refractivity contribution in [1.82, 2.24) is 5.43 Å². The quantitative estimate of drug-likeness (QED) is 0.641. The maximum Gasteiger partial charge on any atom is 0.271 e. The number of nitrogens with zero attached hydrogens (tertiary/aromatic N) is 1. The zero-order chi connectivity index (χ0) is 16.8. The summed E-state index contributed by atoms with van der Waals surface area (Å²) >= 11 is 3.41. The molecule has 0 aromatic heterocycles. The third-order valence-electron chi connectivity index (χ3n) is 3.26. The minimum atomic E-state index is -0.258. The van der Waals surface area contributed by atoms with Gasteiger partial charge in [-0.15, -0.1) is 0 Å². The average molecular weight is 377 g/mol. The van der Waals surface area contributed by atoms with Gasteiger partial charge in [-0.3, -0.25) is 4.79 Å². The molecule has 120 valence electrons. The summed E-state index contributed by atoms with van der Waals surface area (Å²) in [5.41, 5.74) is 4.71. The lowest BCUT2D eigenvalue weighted by Crippen LogP contribution is -2.18. The van der Waals surface area contributed by atoms with Crippen LogP contribution in [-0.2, 0) is 0 Å². The van der Waals surface area contributed by atoms with E-state index in [0.29, 0.717) is 22.6 Å². The van der Waals surface area contributed by atoms with Crippen LogP contribution in [0.5, 0.6) is 11.5 Å². The molecular formula is C17H17BrN2O3. The SMILES string of the molecule is COc1cc(OC)c(/C=N/NC(=O)c2ccccc2C)cc1Br. The van der Waals surface area contributed by atoms with Gasteiger partial charge in [0.1, 0.15) is 11.5 Å². The maximum atomic E-state index is 12.1. The van der Waals surface area contributed by atoms with Crippen molar-refractivity contribution in [2.24, 2.45) is 5.10 Å². The summed E-state index contributed by atoms with van der Waals surface area (Å²) in [7, 11) is 3.14. The Bertz CT molecular complexity index is 745. The van der Waals surface area contributed by atoms with E-state index in [-0.39, 0.29) is 5.91 Å². The largest absolute Gasteiger partial charge is 0.496 e. The molecule has 0 heterocycles. The molecule has 23 heavy (non-hydrogen) atoms. The molecule has 0 saturated carbocycles. The highest BCUT2D eigenvalue weighted by Gasteiger charge is 2.09. The lowest BCUT2D eigenvalue weighted by molar-refractivity contribution is 0.0954. The Balaban J connectivity index is 2.16. The molecule has 0 fully saturated rings. The van der Waals surface area contributed by atoms with Crippen LogP contribution in [0.15, 0.2) is 46.0 Å². The number of ether oxygens (including phenoxy) is 2. The number of benzene rings is 2. The predicted octanol–water partition coefficient (Wildman–Crippen LogP) is 3.54. The van der Waals surface area contributed by atoms with E-state index in [4.69, 9.17) is 9.47 Å². The van der Waals surface area contributed by atoms with Gasteiger partial charge in [0.05, 0.1) is 24.9 Å². The van der Waals surface area contributed by atoms with Crippen LogP contribution < -0.4 is 14.9 Å². The fourth-order valence-corrected chi connectivity index (χ4v) is 2.56. The van der Waals surface area contributed by atoms with Crippen LogP contribution in [0.2, 0.25) is 0 Å². The molecule has 2 aromatic carbocycles. The summed E-state index contributed by atoms with van der Waals surface area (Å²) in [6, 6.07) is 10.9. The standard InChI is InChI=1S/C17H17BrN2O3/c1-11-6-4-5-7-13(11)17(21)20-19-10-12-8-14(18)16(23-3)9-15(12)22-2/h4-10H,1-3H3,(H,20,21)/b19-10+. The Labute approximate surface area is 143 Å². The summed E-state index contributed by atoms with van der Waals surface area (Å²) < 4.78 is 11.3. The molecule has 0 aliphatic heterocycles. The van der Waals surface area contributed by atoms with Gasteiger partial charge in [0.2, 0.25) is 0 Å². The molecule has 0 unspecified atom stereocenters. The maximum absolute atomic E-state index is 12.1. The number of methoxy groups -OCH3 is 2. The van der Waals surface area contributed by atoms with Gasteiger partial charge in [-0.2, -0.15) is 5.10 Å². The number of nitrogens with one attached hydrogen (secondary N) is 1. The van der Waals surface area contributed by atoms with E-state index >= 15 is 0 Å². The summed E-state index contributed by atoms with van der Waals surface area (Å²) in [6.07, 6.45) is 1.53. The first kappa shape index (κ1) is 17.0. The van der Waals surface area contributed by atoms with Gasteiger partial charge in [-0.05, 0) is 40.5 Å². The van der Waals surface area contributed by atoms with Crippen molar-refractivity contribution in [2.45, 2.75) is 6.92 Å². The fourth-order valence-electron chi connectivity index (χ4n) is 2.03. The molecule has 0 spiro atoms. The average Bonchev–Trinajstić information content (AvgIpc) is 2.55. The van der Waals surface area contributed by atoms with Gasteiger partial charge >= 0.3 is 0 Å². The summed E-state index contributed by atoms with van der Waals surface area (Å²) in [4.78, 5) is 12.1. The molecule has 2 rings (SSSR count). The molecule has 1 N–H and O–H groups in total. The summed E-state index contributed by atoms with van der Waals surface area (Å²) in [5, 5.41) is 4.00. The van der Waals surface area contributed by atoms with Crippen LogP contribution in [0.25, 0.3) is 0 Å². The Kier molecular flexibility index (Phi) is 5.76. The molecule has 2 aromatic rings. The fraction of sp³-hybridized carbons (Fsp3) is 0.176. The molecule has 0 aliphatic carbocycles. The third-order valence-corrected chi connectivity index (χ3v) is 3.88. The van der Waals surface area contributed by atoms with Crippen molar-refractivity contribution in [3.63, 3.8) is 0 Å². The Hall–Kier alpha value is -2.34. The van der Waals surface area contributed by atoms with Crippen molar-refractivity contribution in [2.75, 3.05) is 14.2 Å². The normalized spacial score (nSPS) is 10.6. The van der Waals surface area contributed by atoms with Crippen molar-refractivity contribution in [1.29, 1.82) is 0 Å². The number of amides is 1. The van der Waals surface area contributed by atoms with E-state index in [9.17, 15) is 4.79 Å². The smallest absolute Gasteiger partial charge is 0.271 e. The van der Waals surface area contributed by atoms with Crippen molar-refractivity contribution >= 4 is 28.1 Å². The van der Waals surface area contributed by atoms with Gasteiger partial charge in [0.15, 0.2) is 0 Å². The van der Waals surface area contributed by atoms with E-state index in [1.807, 2.05) is 25.1 Å². The third kappa shape index (κ3) is 4.10. The first-order valence-corrected chi connectivity index (χ1v) is 7.66. The minimum Gasteiger partial charge on any atom is -0.496 e. The van der Waals surface area contributed by atoms with Gasteiger partial charge < -0.3 is 9.47 Å². The van der Waals surface area contributed by atoms with Crippen molar-refractivity contribution < 1.29 is 14.3 Å². The number of rotatable bonds is 5. The lowest BCUT2D eigenvalue weighted by Gasteiger charge is -2.09. The Morgan fingerprint density at radius 3 is 2.52 bits per heavy atom. The number of carbonyl (C=O) groups is 1. The molecule has 1 amide bonds. The van der Waals surface area contributed by atoms with Gasteiger partial charge in [0.25, 0.3) is 5.91 Å². The highest BCUT2D eigenvalue weighted by molar-refractivity contribution is 9.10. The van der Waals surface area contributed by atoms with Crippen LogP contribution in [0.4, 0.5) is 0 Å². The predicted molar refractivity (Wildman–Crippen MR) is 93.5 cm³/mol. The second-order valence-corrected chi connectivity index (χ2v) is 5.60. The van der Waals surface area contributed by atoms with Gasteiger partial charge in [0, 0.05) is 17.2 Å². The van der Waals surface area contributed by atoms with Crippen LogP contribution in [0, 0.1) is 6.92 Å². The molecule has 0 bridgehead atoms. The van der Waals surface area contributed by atoms with Crippen LogP contribution >= 0.6 is 15.9 Å². The van der Waals surface area contributed by atoms with Crippen LogP contribution in [-0.4, -0.2) is 26.3 Å². The van der Waals surface area contributed by atoms with Crippen molar-refractivity contribution in [3.05, 3.63) is 57.6 Å². The van der Waals surface area contributed by atoms with Crippen LogP contribution in [0.1, 0.15) is 21.5 Å². The number of carbonyl (C=O) groups excluding carboxylic acids is 1. The zero-order valence-electron chi connectivity index (χ0n) is 13.1. The van der Waals surface area contributed by atoms with Crippen molar-refractivity contribution in [3.8, 4) is 11.5 Å².